The van der Waals surface area contributed by atoms with E-state index < -0.39 is 0 Å². The molecule has 0 bridgehead atoms. The van der Waals surface area contributed by atoms with Gasteiger partial charge in [-0.25, -0.2) is 0 Å². The Hall–Kier alpha value is -0.860. The maximum absolute atomic E-state index is 3.36. The van der Waals surface area contributed by atoms with Crippen molar-refractivity contribution in [1.29, 1.82) is 0 Å². The largest absolute Gasteiger partial charge is 0.317 e. The monoisotopic (exact) mass is 246 g/mol. The Morgan fingerprint density at radius 3 is 2.17 bits per heavy atom. The molecule has 100 valence electrons. The van der Waals surface area contributed by atoms with Crippen LogP contribution in [0.15, 0.2) is 30.3 Å². The van der Waals surface area contributed by atoms with Gasteiger partial charge in [0.2, 0.25) is 0 Å². The first kappa shape index (κ1) is 13.6. The minimum atomic E-state index is 0.733. The van der Waals surface area contributed by atoms with Crippen molar-refractivity contribution < 1.29 is 0 Å². The number of nitrogens with zero attached hydrogens (tertiary/aromatic N) is 1. The highest BCUT2D eigenvalue weighted by molar-refractivity contribution is 5.14. The van der Waals surface area contributed by atoms with Crippen LogP contribution in [0, 0.1) is 0 Å². The molecule has 2 nitrogen and oxygen atoms in total. The molecule has 1 saturated heterocycles. The van der Waals surface area contributed by atoms with Gasteiger partial charge in [-0.2, -0.15) is 0 Å². The molecule has 1 aliphatic carbocycles. The van der Waals surface area contributed by atoms with Crippen molar-refractivity contribution in [3.05, 3.63) is 35.9 Å². The lowest BCUT2D eigenvalue weighted by atomic mass is 10.0. The number of hydrogen-bond acceptors (Lipinski definition) is 2. The predicted octanol–water partition coefficient (Wildman–Crippen LogP) is 3.04. The Morgan fingerprint density at radius 2 is 1.67 bits per heavy atom. The third-order valence-corrected chi connectivity index (χ3v) is 3.60. The van der Waals surface area contributed by atoms with Crippen LogP contribution in [0.4, 0.5) is 0 Å². The molecule has 0 aromatic heterocycles. The van der Waals surface area contributed by atoms with Gasteiger partial charge in [-0.1, -0.05) is 49.6 Å². The number of piperidine rings is 1. The summed E-state index contributed by atoms with van der Waals surface area (Å²) >= 11 is 0. The van der Waals surface area contributed by atoms with E-state index in [0.717, 1.165) is 12.6 Å². The predicted molar refractivity (Wildman–Crippen MR) is 77.7 cm³/mol. The summed E-state index contributed by atoms with van der Waals surface area (Å²) in [5.74, 6) is 0. The molecule has 0 atom stereocenters. The molecule has 2 aliphatic rings. The minimum absolute atomic E-state index is 0.733. The molecule has 1 aromatic rings. The van der Waals surface area contributed by atoms with Crippen molar-refractivity contribution in [3.63, 3.8) is 0 Å². The molecule has 1 aromatic carbocycles. The minimum Gasteiger partial charge on any atom is -0.317 e. The van der Waals surface area contributed by atoms with Gasteiger partial charge in [0.05, 0.1) is 0 Å². The van der Waals surface area contributed by atoms with Crippen LogP contribution in [0.5, 0.6) is 0 Å². The van der Waals surface area contributed by atoms with Crippen LogP contribution in [0.2, 0.25) is 0 Å². The highest BCUT2D eigenvalue weighted by atomic mass is 15.1. The van der Waals surface area contributed by atoms with E-state index in [4.69, 9.17) is 0 Å². The highest BCUT2D eigenvalue weighted by Gasteiger charge is 2.17. The fraction of sp³-hybridized carbons (Fsp3) is 0.625. The average Bonchev–Trinajstić information content (AvgIpc) is 3.29. The smallest absolute Gasteiger partial charge is 0.0233 e. The average molecular weight is 246 g/mol. The van der Waals surface area contributed by atoms with Crippen LogP contribution in [0.3, 0.4) is 0 Å². The van der Waals surface area contributed by atoms with E-state index >= 15 is 0 Å². The maximum Gasteiger partial charge on any atom is 0.0233 e. The van der Waals surface area contributed by atoms with E-state index in [2.05, 4.69) is 47.6 Å². The lowest BCUT2D eigenvalue weighted by Crippen LogP contribution is -2.40. The summed E-state index contributed by atoms with van der Waals surface area (Å²) in [7, 11) is 2.07. The topological polar surface area (TPSA) is 15.3 Å². The molecule has 18 heavy (non-hydrogen) atoms. The Kier molecular flexibility index (Phi) is 5.69. The van der Waals surface area contributed by atoms with Crippen LogP contribution >= 0.6 is 0 Å². The molecule has 0 unspecified atom stereocenters. The number of nitrogens with one attached hydrogen (secondary N) is 1. The zero-order valence-corrected chi connectivity index (χ0v) is 11.6. The van der Waals surface area contributed by atoms with Crippen molar-refractivity contribution in [3.8, 4) is 0 Å². The molecule has 1 saturated carbocycles. The Morgan fingerprint density at radius 1 is 1.06 bits per heavy atom. The normalized spacial score (nSPS) is 20.1. The zero-order chi connectivity index (χ0) is 12.6. The van der Waals surface area contributed by atoms with Crippen LogP contribution in [0.1, 0.15) is 37.7 Å². The van der Waals surface area contributed by atoms with E-state index in [1.807, 2.05) is 0 Å². The Balaban J connectivity index is 0.000000350. The summed E-state index contributed by atoms with van der Waals surface area (Å²) in [4.78, 5) is 2.54. The van der Waals surface area contributed by atoms with E-state index in [-0.39, 0.29) is 0 Å². The van der Waals surface area contributed by atoms with Gasteiger partial charge < -0.3 is 5.32 Å². The number of rotatable bonds is 3. The fourth-order valence-electron chi connectivity index (χ4n) is 2.22. The molecule has 2 fully saturated rings. The van der Waals surface area contributed by atoms with Gasteiger partial charge in [0, 0.05) is 12.6 Å². The van der Waals surface area contributed by atoms with Gasteiger partial charge in [0.25, 0.3) is 0 Å². The molecule has 3 rings (SSSR count). The second-order valence-electron chi connectivity index (χ2n) is 5.39. The molecule has 0 spiro atoms. The second kappa shape index (κ2) is 7.55. The maximum atomic E-state index is 3.36. The Labute approximate surface area is 111 Å². The molecule has 1 N–H and O–H groups in total. The summed E-state index contributed by atoms with van der Waals surface area (Å²) in [6, 6.07) is 11.5. The van der Waals surface area contributed by atoms with Gasteiger partial charge in [-0.15, -0.1) is 0 Å². The quantitative estimate of drug-likeness (QED) is 0.882. The van der Waals surface area contributed by atoms with Crippen LogP contribution in [-0.4, -0.2) is 31.1 Å². The van der Waals surface area contributed by atoms with E-state index in [1.54, 1.807) is 0 Å². The summed E-state index contributed by atoms with van der Waals surface area (Å²) in [5, 5.41) is 3.36. The van der Waals surface area contributed by atoms with E-state index in [9.17, 15) is 0 Å². The standard InChI is InChI=1S/C13H20N2.C3H6/c1-14-13-7-9-15(10-8-13)11-12-5-3-2-4-6-12;1-2-3-1/h2-6,13-14H,7-11H2,1H3;1-3H2. The van der Waals surface area contributed by atoms with Crippen LogP contribution < -0.4 is 5.32 Å². The summed E-state index contributed by atoms with van der Waals surface area (Å²) in [6.07, 6.45) is 7.06. The first-order valence-corrected chi connectivity index (χ1v) is 7.32. The molecular weight excluding hydrogens is 220 g/mol. The van der Waals surface area contributed by atoms with E-state index in [0.29, 0.717) is 0 Å². The van der Waals surface area contributed by atoms with E-state index in [1.165, 1.54) is 50.8 Å². The van der Waals surface area contributed by atoms with Gasteiger partial charge >= 0.3 is 0 Å². The van der Waals surface area contributed by atoms with Crippen molar-refractivity contribution in [2.45, 2.75) is 44.7 Å². The zero-order valence-electron chi connectivity index (χ0n) is 11.6. The summed E-state index contributed by atoms with van der Waals surface area (Å²) in [6.45, 7) is 3.55. The van der Waals surface area contributed by atoms with Crippen LogP contribution in [-0.2, 0) is 6.54 Å². The molecule has 2 heteroatoms. The van der Waals surface area contributed by atoms with Crippen molar-refractivity contribution in [2.24, 2.45) is 0 Å². The fourth-order valence-corrected chi connectivity index (χ4v) is 2.22. The SMILES string of the molecule is C1CC1.CNC1CCN(Cc2ccccc2)CC1. The van der Waals surface area contributed by atoms with Gasteiger partial charge in [0.15, 0.2) is 0 Å². The van der Waals surface area contributed by atoms with Crippen molar-refractivity contribution in [2.75, 3.05) is 20.1 Å². The third kappa shape index (κ3) is 5.19. The first-order valence-electron chi connectivity index (χ1n) is 7.32. The van der Waals surface area contributed by atoms with Gasteiger partial charge in [0.1, 0.15) is 0 Å². The molecule has 0 amide bonds. The van der Waals surface area contributed by atoms with Crippen molar-refractivity contribution >= 4 is 0 Å². The highest BCUT2D eigenvalue weighted by Crippen LogP contribution is 2.15. The lowest BCUT2D eigenvalue weighted by Gasteiger charge is -2.31. The first-order chi connectivity index (χ1) is 8.88. The van der Waals surface area contributed by atoms with Gasteiger partial charge in [-0.3, -0.25) is 4.90 Å². The molecule has 1 aliphatic heterocycles. The summed E-state index contributed by atoms with van der Waals surface area (Å²) in [5.41, 5.74) is 1.43. The molecular formula is C16H26N2. The molecule has 1 heterocycles. The number of benzene rings is 1. The van der Waals surface area contributed by atoms with Crippen LogP contribution in [0.25, 0.3) is 0 Å². The second-order valence-corrected chi connectivity index (χ2v) is 5.39. The number of likely N-dealkylation sites (tertiary alicyclic amines) is 1. The lowest BCUT2D eigenvalue weighted by molar-refractivity contribution is 0.194. The summed E-state index contributed by atoms with van der Waals surface area (Å²) < 4.78 is 0. The number of hydrogen-bond donors (Lipinski definition) is 1. The molecule has 0 radical (unpaired) electrons. The van der Waals surface area contributed by atoms with Crippen molar-refractivity contribution in [1.82, 2.24) is 10.2 Å². The Bertz CT molecular complexity index is 310. The third-order valence-electron chi connectivity index (χ3n) is 3.60. The van der Waals surface area contributed by atoms with Gasteiger partial charge in [-0.05, 0) is 38.5 Å².